The summed E-state index contributed by atoms with van der Waals surface area (Å²) in [5.41, 5.74) is -0.437. The van der Waals surface area contributed by atoms with Gasteiger partial charge in [-0.15, -0.1) is 13.2 Å². The third-order valence-corrected chi connectivity index (χ3v) is 2.48. The van der Waals surface area contributed by atoms with Gasteiger partial charge in [0.1, 0.15) is 5.75 Å². The molecule has 1 aromatic rings. The van der Waals surface area contributed by atoms with Crippen molar-refractivity contribution >= 4 is 17.7 Å². The van der Waals surface area contributed by atoms with Gasteiger partial charge in [0.2, 0.25) is 6.08 Å². The first-order chi connectivity index (χ1) is 8.15. The van der Waals surface area contributed by atoms with E-state index in [2.05, 4.69) is 9.73 Å². The zero-order valence-electron chi connectivity index (χ0n) is 9.51. The molecule has 1 aromatic carbocycles. The molecule has 0 amide bonds. The monoisotopic (exact) mass is 279 g/mol. The number of isocyanates is 1. The van der Waals surface area contributed by atoms with E-state index in [-0.39, 0.29) is 5.02 Å². The van der Waals surface area contributed by atoms with Crippen LogP contribution >= 0.6 is 11.6 Å². The second-order valence-corrected chi connectivity index (χ2v) is 4.36. The van der Waals surface area contributed by atoms with E-state index in [0.29, 0.717) is 5.56 Å². The molecule has 0 aliphatic rings. The third kappa shape index (κ3) is 3.75. The van der Waals surface area contributed by atoms with Crippen LogP contribution in [0.25, 0.3) is 0 Å². The van der Waals surface area contributed by atoms with Crippen LogP contribution in [0.5, 0.6) is 5.75 Å². The van der Waals surface area contributed by atoms with Crippen molar-refractivity contribution in [3.8, 4) is 5.75 Å². The molecule has 0 atom stereocenters. The smallest absolute Gasteiger partial charge is 0.404 e. The first kappa shape index (κ1) is 14.5. The molecule has 0 spiro atoms. The van der Waals surface area contributed by atoms with E-state index in [1.165, 1.54) is 18.2 Å². The highest BCUT2D eigenvalue weighted by molar-refractivity contribution is 6.32. The molecule has 0 radical (unpaired) electrons. The van der Waals surface area contributed by atoms with Gasteiger partial charge in [-0.3, -0.25) is 0 Å². The standard InChI is InChI=1S/C11H9ClF3NO2/c1-10(2,16-6-17)7-3-4-9(8(12)5-7)18-11(13,14)15/h3-5H,1-2H3. The highest BCUT2D eigenvalue weighted by Gasteiger charge is 2.32. The summed E-state index contributed by atoms with van der Waals surface area (Å²) >= 11 is 5.68. The molecule has 3 nitrogen and oxygen atoms in total. The molecule has 98 valence electrons. The Hall–Kier alpha value is -1.52. The Labute approximate surface area is 106 Å². The molecule has 0 heterocycles. The lowest BCUT2D eigenvalue weighted by Gasteiger charge is -2.19. The van der Waals surface area contributed by atoms with Crippen molar-refractivity contribution in [3.63, 3.8) is 0 Å². The number of alkyl halides is 3. The van der Waals surface area contributed by atoms with Crippen LogP contribution < -0.4 is 4.74 Å². The van der Waals surface area contributed by atoms with Crippen molar-refractivity contribution in [3.05, 3.63) is 28.8 Å². The van der Waals surface area contributed by atoms with Crippen LogP contribution in [0.4, 0.5) is 13.2 Å². The molecule has 0 N–H and O–H groups in total. The molecule has 1 rings (SSSR count). The number of carbonyl (C=O) groups excluding carboxylic acids is 1. The maximum Gasteiger partial charge on any atom is 0.573 e. The lowest BCUT2D eigenvalue weighted by atomic mass is 9.95. The summed E-state index contributed by atoms with van der Waals surface area (Å²) in [6.45, 7) is 3.21. The van der Waals surface area contributed by atoms with E-state index in [0.717, 1.165) is 6.07 Å². The van der Waals surface area contributed by atoms with Crippen molar-refractivity contribution in [1.82, 2.24) is 0 Å². The highest BCUT2D eigenvalue weighted by Crippen LogP contribution is 2.34. The van der Waals surface area contributed by atoms with Crippen LogP contribution in [-0.4, -0.2) is 12.4 Å². The SMILES string of the molecule is CC(C)(N=C=O)c1ccc(OC(F)(F)F)c(Cl)c1. The Morgan fingerprint density at radius 1 is 1.33 bits per heavy atom. The maximum atomic E-state index is 12.0. The molecule has 0 aromatic heterocycles. The zero-order chi connectivity index (χ0) is 14.0. The molecule has 18 heavy (non-hydrogen) atoms. The fourth-order valence-corrected chi connectivity index (χ4v) is 1.49. The number of nitrogens with zero attached hydrogens (tertiary/aromatic N) is 1. The molecule has 0 aliphatic heterocycles. The van der Waals surface area contributed by atoms with Crippen molar-refractivity contribution < 1.29 is 22.7 Å². The minimum Gasteiger partial charge on any atom is -0.404 e. The fraction of sp³-hybridized carbons (Fsp3) is 0.364. The number of hydrogen-bond donors (Lipinski definition) is 0. The summed E-state index contributed by atoms with van der Waals surface area (Å²) < 4.78 is 39.8. The van der Waals surface area contributed by atoms with Crippen LogP contribution in [0.1, 0.15) is 19.4 Å². The summed E-state index contributed by atoms with van der Waals surface area (Å²) in [6.07, 6.45) is -3.40. The largest absolute Gasteiger partial charge is 0.573 e. The lowest BCUT2D eigenvalue weighted by molar-refractivity contribution is -0.274. The van der Waals surface area contributed by atoms with Crippen molar-refractivity contribution in [2.24, 2.45) is 4.99 Å². The number of halogens is 4. The van der Waals surface area contributed by atoms with Gasteiger partial charge >= 0.3 is 6.36 Å². The minimum atomic E-state index is -4.80. The molecular weight excluding hydrogens is 271 g/mol. The number of aliphatic imine (C=N–C) groups is 1. The molecule has 0 saturated heterocycles. The summed E-state index contributed by atoms with van der Waals surface area (Å²) in [5, 5.41) is -0.209. The molecule has 7 heteroatoms. The van der Waals surface area contributed by atoms with Gasteiger partial charge in [0.25, 0.3) is 0 Å². The summed E-state index contributed by atoms with van der Waals surface area (Å²) in [4.78, 5) is 13.8. The lowest BCUT2D eigenvalue weighted by Crippen LogP contribution is -2.18. The predicted molar refractivity (Wildman–Crippen MR) is 59.3 cm³/mol. The van der Waals surface area contributed by atoms with Crippen LogP contribution in [0.2, 0.25) is 5.02 Å². The van der Waals surface area contributed by atoms with Gasteiger partial charge in [0.05, 0.1) is 10.6 Å². The number of benzene rings is 1. The Kier molecular flexibility index (Phi) is 4.04. The van der Waals surface area contributed by atoms with Gasteiger partial charge in [-0.1, -0.05) is 17.7 Å². The van der Waals surface area contributed by atoms with E-state index in [1.807, 2.05) is 0 Å². The van der Waals surface area contributed by atoms with Gasteiger partial charge in [-0.2, -0.15) is 4.99 Å². The third-order valence-electron chi connectivity index (χ3n) is 2.19. The van der Waals surface area contributed by atoms with Gasteiger partial charge in [-0.05, 0) is 31.5 Å². The Morgan fingerprint density at radius 3 is 2.39 bits per heavy atom. The average molecular weight is 280 g/mol. The zero-order valence-corrected chi connectivity index (χ0v) is 10.3. The number of rotatable bonds is 3. The van der Waals surface area contributed by atoms with Gasteiger partial charge in [-0.25, -0.2) is 4.79 Å². The topological polar surface area (TPSA) is 38.7 Å². The first-order valence-corrected chi connectivity index (χ1v) is 5.18. The quantitative estimate of drug-likeness (QED) is 0.623. The summed E-state index contributed by atoms with van der Waals surface area (Å²) in [5.74, 6) is -0.501. The van der Waals surface area contributed by atoms with Crippen LogP contribution in [0, 0.1) is 0 Å². The van der Waals surface area contributed by atoms with Gasteiger partial charge in [0, 0.05) is 0 Å². The van der Waals surface area contributed by atoms with Crippen molar-refractivity contribution in [2.75, 3.05) is 0 Å². The Balaban J connectivity index is 3.10. The molecule has 0 aliphatic carbocycles. The van der Waals surface area contributed by atoms with E-state index in [4.69, 9.17) is 11.6 Å². The minimum absolute atomic E-state index is 0.209. The molecule has 0 unspecified atom stereocenters. The summed E-state index contributed by atoms with van der Waals surface area (Å²) in [6, 6.07) is 3.70. The van der Waals surface area contributed by atoms with Crippen LogP contribution in [-0.2, 0) is 10.3 Å². The van der Waals surface area contributed by atoms with E-state index < -0.39 is 17.7 Å². The van der Waals surface area contributed by atoms with Crippen molar-refractivity contribution in [1.29, 1.82) is 0 Å². The number of hydrogen-bond acceptors (Lipinski definition) is 3. The second kappa shape index (κ2) is 5.00. The summed E-state index contributed by atoms with van der Waals surface area (Å²) in [7, 11) is 0. The molecular formula is C11H9ClF3NO2. The van der Waals surface area contributed by atoms with Crippen LogP contribution in [0.3, 0.4) is 0 Å². The van der Waals surface area contributed by atoms with Crippen LogP contribution in [0.15, 0.2) is 23.2 Å². The van der Waals surface area contributed by atoms with E-state index in [9.17, 15) is 18.0 Å². The average Bonchev–Trinajstić information content (AvgIpc) is 2.19. The van der Waals surface area contributed by atoms with Crippen molar-refractivity contribution in [2.45, 2.75) is 25.7 Å². The molecule has 0 bridgehead atoms. The van der Waals surface area contributed by atoms with E-state index in [1.54, 1.807) is 13.8 Å². The second-order valence-electron chi connectivity index (χ2n) is 3.96. The fourth-order valence-electron chi connectivity index (χ4n) is 1.27. The molecule has 0 fully saturated rings. The first-order valence-electron chi connectivity index (χ1n) is 4.80. The number of ether oxygens (including phenoxy) is 1. The van der Waals surface area contributed by atoms with Gasteiger partial charge < -0.3 is 4.74 Å². The predicted octanol–water partition coefficient (Wildman–Crippen LogP) is 3.81. The van der Waals surface area contributed by atoms with Gasteiger partial charge in [0.15, 0.2) is 0 Å². The maximum absolute atomic E-state index is 12.0. The normalized spacial score (nSPS) is 11.9. The Morgan fingerprint density at radius 2 is 1.94 bits per heavy atom. The Bertz CT molecular complexity index is 494. The highest BCUT2D eigenvalue weighted by atomic mass is 35.5. The molecule has 0 saturated carbocycles. The van der Waals surface area contributed by atoms with E-state index >= 15 is 0 Å².